The largest absolute Gasteiger partial charge is 0.475 e. The quantitative estimate of drug-likeness (QED) is 0.752. The summed E-state index contributed by atoms with van der Waals surface area (Å²) in [5.74, 6) is -1.11. The molecule has 0 amide bonds. The Balaban J connectivity index is 1.99. The van der Waals surface area contributed by atoms with Gasteiger partial charge in [-0.05, 0) is 23.8 Å². The maximum absolute atomic E-state index is 10.9. The van der Waals surface area contributed by atoms with Crippen LogP contribution in [0.15, 0.2) is 36.7 Å². The van der Waals surface area contributed by atoms with Crippen LogP contribution in [0.4, 0.5) is 5.95 Å². The SMILES string of the molecule is [C-]#[N+]c1nc(C(=O)O)cn1Cc1ccc2ncc(Cl)cc2c1. The van der Waals surface area contributed by atoms with Gasteiger partial charge in [0, 0.05) is 11.6 Å². The third kappa shape index (κ3) is 2.62. The van der Waals surface area contributed by atoms with Crippen molar-refractivity contribution in [3.8, 4) is 0 Å². The standard InChI is InChI=1S/C15H9ClN4O2/c1-17-15-19-13(14(21)22)8-20(15)7-9-2-3-12-10(4-9)5-11(16)6-18-12/h2-6,8H,7H2,(H,21,22). The van der Waals surface area contributed by atoms with Crippen LogP contribution in [0.5, 0.6) is 0 Å². The minimum Gasteiger partial charge on any atom is -0.475 e. The molecule has 0 aliphatic rings. The second kappa shape index (κ2) is 5.47. The van der Waals surface area contributed by atoms with E-state index in [4.69, 9.17) is 23.3 Å². The first-order valence-corrected chi connectivity index (χ1v) is 6.67. The molecule has 3 aromatic rings. The Hall–Kier alpha value is -2.91. The Kier molecular flexibility index (Phi) is 3.49. The maximum Gasteiger partial charge on any atom is 0.372 e. The number of pyridine rings is 1. The summed E-state index contributed by atoms with van der Waals surface area (Å²) in [6.07, 6.45) is 2.94. The van der Waals surface area contributed by atoms with Gasteiger partial charge in [-0.25, -0.2) is 4.79 Å². The molecule has 0 bridgehead atoms. The number of nitrogens with zero attached hydrogens (tertiary/aromatic N) is 4. The van der Waals surface area contributed by atoms with Gasteiger partial charge in [-0.2, -0.15) is 0 Å². The Morgan fingerprint density at radius 1 is 1.41 bits per heavy atom. The van der Waals surface area contributed by atoms with E-state index in [1.165, 1.54) is 10.8 Å². The minimum atomic E-state index is -1.15. The highest BCUT2D eigenvalue weighted by molar-refractivity contribution is 6.31. The summed E-state index contributed by atoms with van der Waals surface area (Å²) in [5, 5.41) is 10.4. The molecule has 0 aliphatic heterocycles. The molecule has 0 fully saturated rings. The van der Waals surface area contributed by atoms with E-state index >= 15 is 0 Å². The number of hydrogen-bond donors (Lipinski definition) is 1. The highest BCUT2D eigenvalue weighted by atomic mass is 35.5. The molecule has 108 valence electrons. The Morgan fingerprint density at radius 2 is 2.23 bits per heavy atom. The summed E-state index contributed by atoms with van der Waals surface area (Å²) >= 11 is 5.93. The van der Waals surface area contributed by atoms with Gasteiger partial charge >= 0.3 is 11.9 Å². The average molecular weight is 313 g/mol. The zero-order valence-corrected chi connectivity index (χ0v) is 11.9. The van der Waals surface area contributed by atoms with Crippen molar-refractivity contribution >= 4 is 34.4 Å². The molecule has 22 heavy (non-hydrogen) atoms. The van der Waals surface area contributed by atoms with Gasteiger partial charge in [0.25, 0.3) is 0 Å². The number of carboxylic acid groups (broad SMARTS) is 1. The van der Waals surface area contributed by atoms with Crippen molar-refractivity contribution < 1.29 is 9.90 Å². The molecule has 0 radical (unpaired) electrons. The molecule has 1 aromatic carbocycles. The van der Waals surface area contributed by atoms with E-state index in [2.05, 4.69) is 14.8 Å². The number of fused-ring (bicyclic) bond motifs is 1. The summed E-state index contributed by atoms with van der Waals surface area (Å²) in [4.78, 5) is 22.2. The zero-order valence-electron chi connectivity index (χ0n) is 11.2. The first kappa shape index (κ1) is 14.0. The van der Waals surface area contributed by atoms with E-state index in [1.807, 2.05) is 18.2 Å². The van der Waals surface area contributed by atoms with Crippen molar-refractivity contribution in [2.24, 2.45) is 0 Å². The van der Waals surface area contributed by atoms with Crippen LogP contribution in [0.3, 0.4) is 0 Å². The van der Waals surface area contributed by atoms with Crippen molar-refractivity contribution in [1.82, 2.24) is 14.5 Å². The normalized spacial score (nSPS) is 10.5. The summed E-state index contributed by atoms with van der Waals surface area (Å²) in [6.45, 7) is 7.43. The minimum absolute atomic E-state index is 0.0433. The average Bonchev–Trinajstić information content (AvgIpc) is 2.90. The second-order valence-corrected chi connectivity index (χ2v) is 5.09. The topological polar surface area (TPSA) is 72.4 Å². The highest BCUT2D eigenvalue weighted by Gasteiger charge is 2.16. The number of halogens is 1. The first-order valence-electron chi connectivity index (χ1n) is 6.29. The molecular weight excluding hydrogens is 304 g/mol. The third-order valence-electron chi connectivity index (χ3n) is 3.14. The lowest BCUT2D eigenvalue weighted by molar-refractivity contribution is 0.0691. The van der Waals surface area contributed by atoms with Crippen LogP contribution in [0, 0.1) is 6.57 Å². The van der Waals surface area contributed by atoms with E-state index in [0.29, 0.717) is 11.6 Å². The van der Waals surface area contributed by atoms with Crippen LogP contribution < -0.4 is 0 Å². The number of rotatable bonds is 3. The van der Waals surface area contributed by atoms with Crippen LogP contribution in [0.25, 0.3) is 15.7 Å². The maximum atomic E-state index is 10.9. The fraction of sp³-hybridized carbons (Fsp3) is 0.0667. The predicted octanol–water partition coefficient (Wildman–Crippen LogP) is 3.38. The van der Waals surface area contributed by atoms with Gasteiger partial charge in [0.2, 0.25) is 5.69 Å². The van der Waals surface area contributed by atoms with Gasteiger partial charge in [0.1, 0.15) is 0 Å². The van der Waals surface area contributed by atoms with Crippen molar-refractivity contribution in [1.29, 1.82) is 0 Å². The summed E-state index contributed by atoms with van der Waals surface area (Å²) in [7, 11) is 0. The summed E-state index contributed by atoms with van der Waals surface area (Å²) in [5.41, 5.74) is 1.57. The van der Waals surface area contributed by atoms with Gasteiger partial charge in [-0.15, -0.1) is 11.6 Å². The number of aromatic carboxylic acids is 1. The fourth-order valence-corrected chi connectivity index (χ4v) is 2.33. The van der Waals surface area contributed by atoms with Crippen molar-refractivity contribution in [2.75, 3.05) is 0 Å². The van der Waals surface area contributed by atoms with Crippen LogP contribution in [-0.2, 0) is 6.54 Å². The lowest BCUT2D eigenvalue weighted by Gasteiger charge is -2.04. The molecule has 0 spiro atoms. The zero-order chi connectivity index (χ0) is 15.7. The smallest absolute Gasteiger partial charge is 0.372 e. The van der Waals surface area contributed by atoms with Gasteiger partial charge in [-0.1, -0.05) is 17.7 Å². The van der Waals surface area contributed by atoms with Crippen LogP contribution >= 0.6 is 11.6 Å². The number of hydrogen-bond acceptors (Lipinski definition) is 3. The Labute approximate surface area is 130 Å². The molecule has 0 unspecified atom stereocenters. The van der Waals surface area contributed by atoms with E-state index in [0.717, 1.165) is 16.5 Å². The van der Waals surface area contributed by atoms with Crippen LogP contribution in [0.2, 0.25) is 5.02 Å². The Bertz CT molecular complexity index is 927. The van der Waals surface area contributed by atoms with Crippen molar-refractivity contribution in [2.45, 2.75) is 6.54 Å². The van der Waals surface area contributed by atoms with Crippen LogP contribution in [-0.4, -0.2) is 25.6 Å². The van der Waals surface area contributed by atoms with E-state index in [1.54, 1.807) is 12.3 Å². The van der Waals surface area contributed by atoms with Gasteiger partial charge in [0.05, 0.1) is 23.3 Å². The predicted molar refractivity (Wildman–Crippen MR) is 81.3 cm³/mol. The number of carboxylic acids is 1. The molecule has 0 aliphatic carbocycles. The number of aromatic nitrogens is 3. The highest BCUT2D eigenvalue weighted by Crippen LogP contribution is 2.20. The molecule has 0 saturated heterocycles. The van der Waals surface area contributed by atoms with Gasteiger partial charge in [0.15, 0.2) is 0 Å². The fourth-order valence-electron chi connectivity index (χ4n) is 2.16. The second-order valence-electron chi connectivity index (χ2n) is 4.65. The van der Waals surface area contributed by atoms with Crippen molar-refractivity contribution in [3.05, 3.63) is 64.4 Å². The third-order valence-corrected chi connectivity index (χ3v) is 3.35. The number of benzene rings is 1. The molecule has 1 N–H and O–H groups in total. The van der Waals surface area contributed by atoms with E-state index in [-0.39, 0.29) is 11.6 Å². The molecular formula is C15H9ClN4O2. The lowest BCUT2D eigenvalue weighted by atomic mass is 10.1. The van der Waals surface area contributed by atoms with Gasteiger partial charge < -0.3 is 9.95 Å². The molecule has 3 rings (SSSR count). The van der Waals surface area contributed by atoms with E-state index < -0.39 is 5.97 Å². The monoisotopic (exact) mass is 312 g/mol. The summed E-state index contributed by atoms with van der Waals surface area (Å²) in [6, 6.07) is 7.44. The molecule has 0 atom stereocenters. The van der Waals surface area contributed by atoms with Crippen LogP contribution in [0.1, 0.15) is 16.1 Å². The molecule has 0 saturated carbocycles. The molecule has 2 aromatic heterocycles. The number of carbonyl (C=O) groups is 1. The lowest BCUT2D eigenvalue weighted by Crippen LogP contribution is -1.98. The molecule has 2 heterocycles. The summed E-state index contributed by atoms with van der Waals surface area (Å²) < 4.78 is 1.51. The first-order chi connectivity index (χ1) is 10.6. The van der Waals surface area contributed by atoms with E-state index in [9.17, 15) is 4.79 Å². The molecule has 6 nitrogen and oxygen atoms in total. The van der Waals surface area contributed by atoms with Crippen molar-refractivity contribution in [3.63, 3.8) is 0 Å². The Morgan fingerprint density at radius 3 is 2.95 bits per heavy atom. The molecule has 7 heteroatoms. The van der Waals surface area contributed by atoms with Gasteiger partial charge in [-0.3, -0.25) is 9.55 Å². The number of imidazole rings is 1.